The first-order valence-corrected chi connectivity index (χ1v) is 7.50. The number of hydrogen-bond donors (Lipinski definition) is 1. The second-order valence-corrected chi connectivity index (χ2v) is 6.57. The number of hydrogen-bond acceptors (Lipinski definition) is 3. The van der Waals surface area contributed by atoms with E-state index < -0.39 is 0 Å². The molecule has 0 saturated carbocycles. The molecule has 1 fully saturated rings. The zero-order valence-corrected chi connectivity index (χ0v) is 13.5. The van der Waals surface area contributed by atoms with E-state index in [1.807, 2.05) is 0 Å². The van der Waals surface area contributed by atoms with Crippen LogP contribution in [0.4, 0.5) is 0 Å². The molecule has 1 saturated heterocycles. The van der Waals surface area contributed by atoms with E-state index in [0.717, 1.165) is 26.3 Å². The van der Waals surface area contributed by atoms with Crippen molar-refractivity contribution in [2.24, 2.45) is 0 Å². The average Bonchev–Trinajstić information content (AvgIpc) is 2.36. The third kappa shape index (κ3) is 3.60. The summed E-state index contributed by atoms with van der Waals surface area (Å²) in [6, 6.07) is 7.18. The van der Waals surface area contributed by atoms with Crippen LogP contribution in [0.25, 0.3) is 0 Å². The average molecular weight is 276 g/mol. The molecular weight excluding hydrogens is 248 g/mol. The van der Waals surface area contributed by atoms with E-state index in [0.29, 0.717) is 6.04 Å². The van der Waals surface area contributed by atoms with Crippen LogP contribution >= 0.6 is 0 Å². The van der Waals surface area contributed by atoms with Gasteiger partial charge in [0.1, 0.15) is 0 Å². The first-order chi connectivity index (χ1) is 9.42. The van der Waals surface area contributed by atoms with Gasteiger partial charge in [-0.05, 0) is 40.3 Å². The quantitative estimate of drug-likeness (QED) is 0.915. The SMILES string of the molecule is CNC(CN1CCOCC1(C)C)c1cc(C)cc(C)c1. The van der Waals surface area contributed by atoms with Gasteiger partial charge in [0.15, 0.2) is 0 Å². The molecule has 0 radical (unpaired) electrons. The minimum absolute atomic E-state index is 0.117. The summed E-state index contributed by atoms with van der Waals surface area (Å²) in [5.41, 5.74) is 4.17. The van der Waals surface area contributed by atoms with Crippen molar-refractivity contribution in [3.8, 4) is 0 Å². The van der Waals surface area contributed by atoms with Gasteiger partial charge < -0.3 is 10.1 Å². The van der Waals surface area contributed by atoms with E-state index in [-0.39, 0.29) is 5.54 Å². The molecule has 0 aliphatic carbocycles. The molecule has 1 aliphatic rings. The summed E-state index contributed by atoms with van der Waals surface area (Å²) in [4.78, 5) is 2.54. The van der Waals surface area contributed by atoms with E-state index in [1.54, 1.807) is 0 Å². The summed E-state index contributed by atoms with van der Waals surface area (Å²) in [5.74, 6) is 0. The van der Waals surface area contributed by atoms with Gasteiger partial charge in [0.25, 0.3) is 0 Å². The largest absolute Gasteiger partial charge is 0.378 e. The van der Waals surface area contributed by atoms with Gasteiger partial charge in [-0.3, -0.25) is 4.90 Å². The van der Waals surface area contributed by atoms with Gasteiger partial charge in [-0.15, -0.1) is 0 Å². The Morgan fingerprint density at radius 2 is 1.90 bits per heavy atom. The molecule has 0 amide bonds. The number of ether oxygens (including phenoxy) is 1. The Labute approximate surface area is 123 Å². The Hall–Kier alpha value is -0.900. The highest BCUT2D eigenvalue weighted by atomic mass is 16.5. The predicted molar refractivity (Wildman–Crippen MR) is 84.2 cm³/mol. The molecule has 3 nitrogen and oxygen atoms in total. The molecule has 1 aromatic rings. The molecule has 3 heteroatoms. The Morgan fingerprint density at radius 1 is 1.25 bits per heavy atom. The summed E-state index contributed by atoms with van der Waals surface area (Å²) in [6.07, 6.45) is 0. The fourth-order valence-corrected chi connectivity index (χ4v) is 3.02. The van der Waals surface area contributed by atoms with Crippen molar-refractivity contribution < 1.29 is 4.74 Å². The standard InChI is InChI=1S/C17H28N2O/c1-13-8-14(2)10-15(9-13)16(18-5)11-19-6-7-20-12-17(19,3)4/h8-10,16,18H,6-7,11-12H2,1-5H3. The number of nitrogens with zero attached hydrogens (tertiary/aromatic N) is 1. The Bertz CT molecular complexity index is 436. The van der Waals surface area contributed by atoms with Crippen LogP contribution < -0.4 is 5.32 Å². The van der Waals surface area contributed by atoms with Crippen molar-refractivity contribution in [1.82, 2.24) is 10.2 Å². The molecule has 1 heterocycles. The highest BCUT2D eigenvalue weighted by Crippen LogP contribution is 2.24. The topological polar surface area (TPSA) is 24.5 Å². The van der Waals surface area contributed by atoms with Crippen LogP contribution in [-0.2, 0) is 4.74 Å². The zero-order valence-electron chi connectivity index (χ0n) is 13.5. The van der Waals surface area contributed by atoms with Gasteiger partial charge in [0, 0.05) is 24.7 Å². The maximum atomic E-state index is 5.61. The molecule has 0 bridgehead atoms. The van der Waals surface area contributed by atoms with E-state index in [4.69, 9.17) is 4.74 Å². The molecule has 0 aromatic heterocycles. The highest BCUT2D eigenvalue weighted by molar-refractivity contribution is 5.31. The minimum atomic E-state index is 0.117. The molecule has 2 rings (SSSR count). The van der Waals surface area contributed by atoms with E-state index >= 15 is 0 Å². The molecule has 1 aliphatic heterocycles. The number of benzene rings is 1. The van der Waals surface area contributed by atoms with Crippen LogP contribution in [0.1, 0.15) is 36.6 Å². The normalized spacial score (nSPS) is 20.9. The Kier molecular flexibility index (Phi) is 4.84. The smallest absolute Gasteiger partial charge is 0.0645 e. The fourth-order valence-electron chi connectivity index (χ4n) is 3.02. The fraction of sp³-hybridized carbons (Fsp3) is 0.647. The monoisotopic (exact) mass is 276 g/mol. The van der Waals surface area contributed by atoms with Gasteiger partial charge in [-0.25, -0.2) is 0 Å². The van der Waals surface area contributed by atoms with Crippen molar-refractivity contribution in [1.29, 1.82) is 0 Å². The van der Waals surface area contributed by atoms with E-state index in [1.165, 1.54) is 16.7 Å². The molecule has 112 valence electrons. The van der Waals surface area contributed by atoms with Gasteiger partial charge >= 0.3 is 0 Å². The number of rotatable bonds is 4. The highest BCUT2D eigenvalue weighted by Gasteiger charge is 2.32. The molecule has 1 aromatic carbocycles. The third-order valence-electron chi connectivity index (χ3n) is 4.21. The molecule has 0 spiro atoms. The maximum absolute atomic E-state index is 5.61. The van der Waals surface area contributed by atoms with Crippen LogP contribution in [0, 0.1) is 13.8 Å². The second kappa shape index (κ2) is 6.25. The summed E-state index contributed by atoms with van der Waals surface area (Å²) >= 11 is 0. The van der Waals surface area contributed by atoms with Crippen molar-refractivity contribution in [3.63, 3.8) is 0 Å². The van der Waals surface area contributed by atoms with Crippen LogP contribution in [0.3, 0.4) is 0 Å². The number of likely N-dealkylation sites (N-methyl/N-ethyl adjacent to an activating group) is 1. The van der Waals surface area contributed by atoms with Crippen LogP contribution in [0.2, 0.25) is 0 Å². The van der Waals surface area contributed by atoms with Crippen LogP contribution in [-0.4, -0.2) is 43.8 Å². The lowest BCUT2D eigenvalue weighted by atomic mass is 9.97. The van der Waals surface area contributed by atoms with Gasteiger partial charge in [-0.2, -0.15) is 0 Å². The lowest BCUT2D eigenvalue weighted by Crippen LogP contribution is -2.54. The van der Waals surface area contributed by atoms with Crippen molar-refractivity contribution in [2.75, 3.05) is 33.4 Å². The molecular formula is C17H28N2O. The Morgan fingerprint density at radius 3 is 2.45 bits per heavy atom. The third-order valence-corrected chi connectivity index (χ3v) is 4.21. The predicted octanol–water partition coefficient (Wildman–Crippen LogP) is 2.67. The summed E-state index contributed by atoms with van der Waals surface area (Å²) in [6.45, 7) is 12.6. The molecule has 1 N–H and O–H groups in total. The van der Waals surface area contributed by atoms with Crippen LogP contribution in [0.5, 0.6) is 0 Å². The summed E-state index contributed by atoms with van der Waals surface area (Å²) in [7, 11) is 2.05. The first-order valence-electron chi connectivity index (χ1n) is 7.50. The van der Waals surface area contributed by atoms with Gasteiger partial charge in [0.2, 0.25) is 0 Å². The van der Waals surface area contributed by atoms with Gasteiger partial charge in [-0.1, -0.05) is 29.3 Å². The van der Waals surface area contributed by atoms with E-state index in [2.05, 4.69) is 63.2 Å². The van der Waals surface area contributed by atoms with Crippen molar-refractivity contribution >= 4 is 0 Å². The first kappa shape index (κ1) is 15.5. The van der Waals surface area contributed by atoms with Crippen molar-refractivity contribution in [3.05, 3.63) is 34.9 Å². The van der Waals surface area contributed by atoms with E-state index in [9.17, 15) is 0 Å². The van der Waals surface area contributed by atoms with Gasteiger partial charge in [0.05, 0.1) is 13.2 Å². The number of nitrogens with one attached hydrogen (secondary N) is 1. The lowest BCUT2D eigenvalue weighted by molar-refractivity contribution is -0.0543. The molecule has 1 unspecified atom stereocenters. The number of aryl methyl sites for hydroxylation is 2. The lowest BCUT2D eigenvalue weighted by Gasteiger charge is -2.43. The number of morpholine rings is 1. The second-order valence-electron chi connectivity index (χ2n) is 6.57. The molecule has 20 heavy (non-hydrogen) atoms. The Balaban J connectivity index is 2.16. The summed E-state index contributed by atoms with van der Waals surface area (Å²) < 4.78 is 5.61. The molecule has 1 atom stereocenters. The minimum Gasteiger partial charge on any atom is -0.378 e. The zero-order chi connectivity index (χ0) is 14.8. The van der Waals surface area contributed by atoms with Crippen LogP contribution in [0.15, 0.2) is 18.2 Å². The van der Waals surface area contributed by atoms with Crippen molar-refractivity contribution in [2.45, 2.75) is 39.3 Å². The maximum Gasteiger partial charge on any atom is 0.0645 e. The summed E-state index contributed by atoms with van der Waals surface area (Å²) in [5, 5.41) is 3.48.